The zero-order valence-electron chi connectivity index (χ0n) is 11.7. The third kappa shape index (κ3) is 4.21. The van der Waals surface area contributed by atoms with E-state index in [9.17, 15) is 4.79 Å². The van der Waals surface area contributed by atoms with E-state index in [2.05, 4.69) is 28.2 Å². The summed E-state index contributed by atoms with van der Waals surface area (Å²) in [7, 11) is 0. The van der Waals surface area contributed by atoms with Crippen LogP contribution in [0.4, 0.5) is 0 Å². The average molecular weight is 342 g/mol. The quantitative estimate of drug-likeness (QED) is 0.864. The first-order valence-corrected chi connectivity index (χ1v) is 7.82. The molecule has 1 aromatic carbocycles. The average Bonchev–Trinajstić information content (AvgIpc) is 2.96. The minimum atomic E-state index is -0.0803. The Bertz CT molecular complexity index is 458. The summed E-state index contributed by atoms with van der Waals surface area (Å²) in [6.45, 7) is 4.10. The monoisotopic (exact) mass is 341 g/mol. The van der Waals surface area contributed by atoms with Gasteiger partial charge in [-0.3, -0.25) is 4.79 Å². The van der Waals surface area contributed by atoms with E-state index in [-0.39, 0.29) is 12.0 Å². The number of carbonyl (C=O) groups excluding carboxylic acids is 1. The van der Waals surface area contributed by atoms with Gasteiger partial charge in [-0.05, 0) is 53.4 Å². The van der Waals surface area contributed by atoms with Crippen molar-refractivity contribution in [2.75, 3.05) is 19.8 Å². The number of rotatable bonds is 6. The number of ether oxygens (including phenoxy) is 2. The van der Waals surface area contributed by atoms with Crippen molar-refractivity contribution >= 4 is 21.8 Å². The first-order chi connectivity index (χ1) is 9.70. The lowest BCUT2D eigenvalue weighted by Crippen LogP contribution is -2.31. The van der Waals surface area contributed by atoms with E-state index in [0.717, 1.165) is 36.1 Å². The van der Waals surface area contributed by atoms with Crippen LogP contribution in [0.3, 0.4) is 0 Å². The molecular formula is C15H20BrNO3. The van der Waals surface area contributed by atoms with Crippen molar-refractivity contribution in [1.82, 2.24) is 5.32 Å². The van der Waals surface area contributed by atoms with Gasteiger partial charge in [0.2, 0.25) is 0 Å². The van der Waals surface area contributed by atoms with Crippen LogP contribution in [0.1, 0.15) is 36.5 Å². The summed E-state index contributed by atoms with van der Waals surface area (Å²) in [5.41, 5.74) is 0.624. The van der Waals surface area contributed by atoms with Crippen LogP contribution in [0.5, 0.6) is 5.75 Å². The molecule has 0 aromatic heterocycles. The summed E-state index contributed by atoms with van der Waals surface area (Å²) in [5, 5.41) is 2.91. The summed E-state index contributed by atoms with van der Waals surface area (Å²) in [6, 6.07) is 5.39. The standard InChI is InChI=1S/C15H20BrNO3/c1-2-7-20-14-6-5-11(9-13(14)16)15(18)17-10-12-4-3-8-19-12/h5-6,9,12H,2-4,7-8,10H2,1H3,(H,17,18). The molecule has 0 bridgehead atoms. The molecule has 1 aliphatic heterocycles. The lowest BCUT2D eigenvalue weighted by Gasteiger charge is -2.12. The molecule has 4 nitrogen and oxygen atoms in total. The van der Waals surface area contributed by atoms with Crippen LogP contribution in [0.2, 0.25) is 0 Å². The maximum Gasteiger partial charge on any atom is 0.251 e. The second-order valence-corrected chi connectivity index (χ2v) is 5.69. The summed E-state index contributed by atoms with van der Waals surface area (Å²) >= 11 is 3.43. The molecule has 1 N–H and O–H groups in total. The second-order valence-electron chi connectivity index (χ2n) is 4.84. The van der Waals surface area contributed by atoms with Crippen molar-refractivity contribution in [2.24, 2.45) is 0 Å². The van der Waals surface area contributed by atoms with E-state index >= 15 is 0 Å². The Morgan fingerprint density at radius 2 is 2.40 bits per heavy atom. The fourth-order valence-electron chi connectivity index (χ4n) is 2.09. The molecule has 1 amide bonds. The van der Waals surface area contributed by atoms with E-state index in [0.29, 0.717) is 18.7 Å². The Labute approximate surface area is 128 Å². The molecule has 0 radical (unpaired) electrons. The van der Waals surface area contributed by atoms with Crippen LogP contribution in [-0.4, -0.2) is 31.8 Å². The molecule has 0 spiro atoms. The molecule has 0 aliphatic carbocycles. The molecule has 20 heavy (non-hydrogen) atoms. The van der Waals surface area contributed by atoms with Crippen LogP contribution in [0.25, 0.3) is 0 Å². The Morgan fingerprint density at radius 1 is 1.55 bits per heavy atom. The maximum absolute atomic E-state index is 12.1. The Hall–Kier alpha value is -1.07. The Morgan fingerprint density at radius 3 is 3.05 bits per heavy atom. The van der Waals surface area contributed by atoms with Crippen LogP contribution < -0.4 is 10.1 Å². The lowest BCUT2D eigenvalue weighted by molar-refractivity contribution is 0.0857. The molecule has 1 saturated heterocycles. The SMILES string of the molecule is CCCOc1ccc(C(=O)NCC2CCCO2)cc1Br. The van der Waals surface area contributed by atoms with Gasteiger partial charge in [-0.25, -0.2) is 0 Å². The third-order valence-electron chi connectivity index (χ3n) is 3.17. The van der Waals surface area contributed by atoms with E-state index in [4.69, 9.17) is 9.47 Å². The Kier molecular flexibility index (Phi) is 5.86. The van der Waals surface area contributed by atoms with Crippen LogP contribution in [0.15, 0.2) is 22.7 Å². The van der Waals surface area contributed by atoms with Gasteiger partial charge in [0.15, 0.2) is 0 Å². The summed E-state index contributed by atoms with van der Waals surface area (Å²) < 4.78 is 11.8. The molecule has 1 heterocycles. The van der Waals surface area contributed by atoms with Gasteiger partial charge in [-0.1, -0.05) is 6.92 Å². The third-order valence-corrected chi connectivity index (χ3v) is 3.79. The molecule has 2 rings (SSSR count). The largest absolute Gasteiger partial charge is 0.492 e. The Balaban J connectivity index is 1.90. The van der Waals surface area contributed by atoms with Gasteiger partial charge in [0, 0.05) is 18.7 Å². The van der Waals surface area contributed by atoms with Gasteiger partial charge in [0.05, 0.1) is 17.2 Å². The number of hydrogen-bond acceptors (Lipinski definition) is 3. The van der Waals surface area contributed by atoms with Crippen LogP contribution >= 0.6 is 15.9 Å². The van der Waals surface area contributed by atoms with Gasteiger partial charge in [-0.15, -0.1) is 0 Å². The first-order valence-electron chi connectivity index (χ1n) is 7.03. The molecular weight excluding hydrogens is 322 g/mol. The molecule has 1 aromatic rings. The van der Waals surface area contributed by atoms with Gasteiger partial charge in [-0.2, -0.15) is 0 Å². The number of carbonyl (C=O) groups is 1. The van der Waals surface area contributed by atoms with Gasteiger partial charge in [0.1, 0.15) is 5.75 Å². The predicted octanol–water partition coefficient (Wildman–Crippen LogP) is 3.15. The number of nitrogens with one attached hydrogen (secondary N) is 1. The van der Waals surface area contributed by atoms with E-state index in [1.54, 1.807) is 12.1 Å². The van der Waals surface area contributed by atoms with Crippen molar-refractivity contribution < 1.29 is 14.3 Å². The smallest absolute Gasteiger partial charge is 0.251 e. The zero-order chi connectivity index (χ0) is 14.4. The highest BCUT2D eigenvalue weighted by Gasteiger charge is 2.17. The lowest BCUT2D eigenvalue weighted by atomic mass is 10.2. The zero-order valence-corrected chi connectivity index (χ0v) is 13.2. The number of halogens is 1. The minimum absolute atomic E-state index is 0.0803. The van der Waals surface area contributed by atoms with Gasteiger partial charge >= 0.3 is 0 Å². The minimum Gasteiger partial charge on any atom is -0.492 e. The van der Waals surface area contributed by atoms with Crippen molar-refractivity contribution in [3.8, 4) is 5.75 Å². The molecule has 110 valence electrons. The van der Waals surface area contributed by atoms with Crippen molar-refractivity contribution in [3.05, 3.63) is 28.2 Å². The molecule has 1 fully saturated rings. The van der Waals surface area contributed by atoms with Gasteiger partial charge < -0.3 is 14.8 Å². The van der Waals surface area contributed by atoms with Crippen molar-refractivity contribution in [1.29, 1.82) is 0 Å². The number of amides is 1. The van der Waals surface area contributed by atoms with Crippen LogP contribution in [-0.2, 0) is 4.74 Å². The van der Waals surface area contributed by atoms with E-state index in [1.807, 2.05) is 6.07 Å². The normalized spacial score (nSPS) is 18.0. The van der Waals surface area contributed by atoms with Crippen molar-refractivity contribution in [3.63, 3.8) is 0 Å². The number of benzene rings is 1. The van der Waals surface area contributed by atoms with E-state index in [1.165, 1.54) is 0 Å². The molecule has 1 aliphatic rings. The maximum atomic E-state index is 12.1. The highest BCUT2D eigenvalue weighted by atomic mass is 79.9. The summed E-state index contributed by atoms with van der Waals surface area (Å²) in [4.78, 5) is 12.1. The first kappa shape index (κ1) is 15.3. The van der Waals surface area contributed by atoms with Gasteiger partial charge in [0.25, 0.3) is 5.91 Å². The molecule has 0 saturated carbocycles. The predicted molar refractivity (Wildman–Crippen MR) is 81.2 cm³/mol. The summed E-state index contributed by atoms with van der Waals surface area (Å²) in [6.07, 6.45) is 3.22. The topological polar surface area (TPSA) is 47.6 Å². The molecule has 1 atom stereocenters. The summed E-state index contributed by atoms with van der Waals surface area (Å²) in [5.74, 6) is 0.686. The highest BCUT2D eigenvalue weighted by molar-refractivity contribution is 9.10. The molecule has 5 heteroatoms. The van der Waals surface area contributed by atoms with Crippen molar-refractivity contribution in [2.45, 2.75) is 32.3 Å². The number of hydrogen-bond donors (Lipinski definition) is 1. The molecule has 1 unspecified atom stereocenters. The fourth-order valence-corrected chi connectivity index (χ4v) is 2.58. The second kappa shape index (κ2) is 7.64. The highest BCUT2D eigenvalue weighted by Crippen LogP contribution is 2.26. The van der Waals surface area contributed by atoms with Crippen LogP contribution in [0, 0.1) is 0 Å². The van der Waals surface area contributed by atoms with E-state index < -0.39 is 0 Å². The fraction of sp³-hybridized carbons (Fsp3) is 0.533.